The average molecular weight is 332 g/mol. The summed E-state index contributed by atoms with van der Waals surface area (Å²) in [4.78, 5) is 10.2. The molecule has 0 fully saturated rings. The Balaban J connectivity index is 1.95. The smallest absolute Gasteiger partial charge is 0.214 e. The molecule has 0 bridgehead atoms. The SMILES string of the molecule is CCNC(=NCc1ccc(SC)cc1)NCc1nc(C)c(C)o1. The van der Waals surface area contributed by atoms with E-state index in [0.29, 0.717) is 19.0 Å². The molecule has 0 aliphatic rings. The highest BCUT2D eigenvalue weighted by Crippen LogP contribution is 2.15. The van der Waals surface area contributed by atoms with E-state index in [1.165, 1.54) is 10.5 Å². The molecule has 0 atom stereocenters. The number of benzene rings is 1. The molecule has 0 amide bonds. The number of rotatable bonds is 6. The normalized spacial score (nSPS) is 11.6. The molecule has 0 unspecified atom stereocenters. The van der Waals surface area contributed by atoms with Crippen LogP contribution in [0.2, 0.25) is 0 Å². The van der Waals surface area contributed by atoms with Crippen LogP contribution in [0.3, 0.4) is 0 Å². The lowest BCUT2D eigenvalue weighted by Crippen LogP contribution is -2.36. The predicted octanol–water partition coefficient (Wildman–Crippen LogP) is 3.27. The fraction of sp³-hybridized carbons (Fsp3) is 0.412. The van der Waals surface area contributed by atoms with E-state index in [1.807, 2.05) is 20.8 Å². The van der Waals surface area contributed by atoms with Gasteiger partial charge < -0.3 is 15.1 Å². The molecular weight excluding hydrogens is 308 g/mol. The molecule has 0 spiro atoms. The number of nitrogens with zero attached hydrogens (tertiary/aromatic N) is 2. The summed E-state index contributed by atoms with van der Waals surface area (Å²) in [5.41, 5.74) is 2.11. The fourth-order valence-electron chi connectivity index (χ4n) is 2.02. The van der Waals surface area contributed by atoms with Crippen LogP contribution in [0.5, 0.6) is 0 Å². The molecule has 0 saturated carbocycles. The van der Waals surface area contributed by atoms with Gasteiger partial charge in [0.05, 0.1) is 18.8 Å². The fourth-order valence-corrected chi connectivity index (χ4v) is 2.43. The highest BCUT2D eigenvalue weighted by Gasteiger charge is 2.06. The first-order valence-electron chi connectivity index (χ1n) is 7.70. The van der Waals surface area contributed by atoms with Crippen LogP contribution in [0.15, 0.2) is 38.6 Å². The van der Waals surface area contributed by atoms with Gasteiger partial charge in [0.2, 0.25) is 5.89 Å². The van der Waals surface area contributed by atoms with Gasteiger partial charge in [0.15, 0.2) is 5.96 Å². The number of aromatic nitrogens is 1. The van der Waals surface area contributed by atoms with Crippen LogP contribution in [0.1, 0.15) is 29.8 Å². The lowest BCUT2D eigenvalue weighted by atomic mass is 10.2. The molecule has 1 aromatic carbocycles. The zero-order valence-corrected chi connectivity index (χ0v) is 15.0. The molecule has 23 heavy (non-hydrogen) atoms. The number of thioether (sulfide) groups is 1. The Morgan fingerprint density at radius 1 is 1.22 bits per heavy atom. The van der Waals surface area contributed by atoms with E-state index in [-0.39, 0.29) is 0 Å². The molecule has 0 aliphatic carbocycles. The minimum Gasteiger partial charge on any atom is -0.444 e. The van der Waals surface area contributed by atoms with Crippen LogP contribution in [0.25, 0.3) is 0 Å². The second-order valence-corrected chi connectivity index (χ2v) is 6.03. The van der Waals surface area contributed by atoms with Gasteiger partial charge in [-0.05, 0) is 44.7 Å². The Kier molecular flexibility index (Phi) is 6.52. The molecule has 0 saturated heterocycles. The first-order chi connectivity index (χ1) is 11.1. The Morgan fingerprint density at radius 3 is 2.52 bits per heavy atom. The van der Waals surface area contributed by atoms with Gasteiger partial charge in [-0.1, -0.05) is 12.1 Å². The third-order valence-corrected chi connectivity index (χ3v) is 4.15. The molecule has 5 nitrogen and oxygen atoms in total. The zero-order chi connectivity index (χ0) is 16.7. The van der Waals surface area contributed by atoms with Crippen molar-refractivity contribution in [1.29, 1.82) is 0 Å². The monoisotopic (exact) mass is 332 g/mol. The molecule has 0 radical (unpaired) electrons. The van der Waals surface area contributed by atoms with Crippen molar-refractivity contribution < 1.29 is 4.42 Å². The number of aryl methyl sites for hydroxylation is 2. The number of guanidine groups is 1. The maximum absolute atomic E-state index is 5.57. The second-order valence-electron chi connectivity index (χ2n) is 5.15. The minimum absolute atomic E-state index is 0.520. The summed E-state index contributed by atoms with van der Waals surface area (Å²) < 4.78 is 5.57. The summed E-state index contributed by atoms with van der Waals surface area (Å²) >= 11 is 1.74. The highest BCUT2D eigenvalue weighted by molar-refractivity contribution is 7.98. The van der Waals surface area contributed by atoms with E-state index in [0.717, 1.165) is 24.0 Å². The lowest BCUT2D eigenvalue weighted by molar-refractivity contribution is 0.463. The molecular formula is C17H24N4OS. The standard InChI is InChI=1S/C17H24N4OS/c1-5-18-17(20-11-16-21-12(2)13(3)22-16)19-10-14-6-8-15(23-4)9-7-14/h6-9H,5,10-11H2,1-4H3,(H2,18,19,20). The van der Waals surface area contributed by atoms with Gasteiger partial charge in [-0.3, -0.25) is 0 Å². The Labute approximate surface area is 142 Å². The van der Waals surface area contributed by atoms with Gasteiger partial charge in [-0.25, -0.2) is 9.98 Å². The molecule has 2 rings (SSSR count). The summed E-state index contributed by atoms with van der Waals surface area (Å²) in [5, 5.41) is 6.48. The molecule has 2 N–H and O–H groups in total. The van der Waals surface area contributed by atoms with Gasteiger partial charge in [-0.2, -0.15) is 0 Å². The van der Waals surface area contributed by atoms with Crippen molar-refractivity contribution in [2.75, 3.05) is 12.8 Å². The number of aliphatic imine (C=N–C) groups is 1. The Hall–Kier alpha value is -1.95. The van der Waals surface area contributed by atoms with E-state index >= 15 is 0 Å². The van der Waals surface area contributed by atoms with Gasteiger partial charge >= 0.3 is 0 Å². The quantitative estimate of drug-likeness (QED) is 0.483. The van der Waals surface area contributed by atoms with Crippen molar-refractivity contribution in [1.82, 2.24) is 15.6 Å². The van der Waals surface area contributed by atoms with Crippen molar-refractivity contribution in [3.63, 3.8) is 0 Å². The van der Waals surface area contributed by atoms with Gasteiger partial charge in [-0.15, -0.1) is 11.8 Å². The molecule has 1 aromatic heterocycles. The van der Waals surface area contributed by atoms with Gasteiger partial charge in [0.1, 0.15) is 5.76 Å². The minimum atomic E-state index is 0.520. The van der Waals surface area contributed by atoms with Crippen LogP contribution in [-0.2, 0) is 13.1 Å². The topological polar surface area (TPSA) is 62.5 Å². The molecule has 1 heterocycles. The maximum atomic E-state index is 5.57. The average Bonchev–Trinajstić information content (AvgIpc) is 2.89. The Bertz CT molecular complexity index is 630. The van der Waals surface area contributed by atoms with Crippen LogP contribution in [-0.4, -0.2) is 23.7 Å². The Morgan fingerprint density at radius 2 is 1.96 bits per heavy atom. The molecule has 2 aromatic rings. The summed E-state index contributed by atoms with van der Waals surface area (Å²) in [6.07, 6.45) is 2.08. The van der Waals surface area contributed by atoms with E-state index in [1.54, 1.807) is 11.8 Å². The largest absolute Gasteiger partial charge is 0.444 e. The van der Waals surface area contributed by atoms with Crippen LogP contribution in [0.4, 0.5) is 0 Å². The van der Waals surface area contributed by atoms with Crippen LogP contribution < -0.4 is 10.6 Å². The van der Waals surface area contributed by atoms with E-state index < -0.39 is 0 Å². The van der Waals surface area contributed by atoms with Crippen molar-refractivity contribution in [3.8, 4) is 0 Å². The third kappa shape index (κ3) is 5.32. The third-order valence-electron chi connectivity index (χ3n) is 3.40. The number of hydrogen-bond acceptors (Lipinski definition) is 4. The number of nitrogens with one attached hydrogen (secondary N) is 2. The van der Waals surface area contributed by atoms with E-state index in [4.69, 9.17) is 4.42 Å². The van der Waals surface area contributed by atoms with E-state index in [9.17, 15) is 0 Å². The van der Waals surface area contributed by atoms with Crippen molar-refractivity contribution in [2.45, 2.75) is 38.8 Å². The molecule has 124 valence electrons. The number of hydrogen-bond donors (Lipinski definition) is 2. The van der Waals surface area contributed by atoms with Crippen LogP contribution in [0, 0.1) is 13.8 Å². The number of oxazole rings is 1. The first kappa shape index (κ1) is 17.4. The summed E-state index contributed by atoms with van der Waals surface area (Å²) in [7, 11) is 0. The summed E-state index contributed by atoms with van der Waals surface area (Å²) in [5.74, 6) is 2.29. The molecule has 6 heteroatoms. The van der Waals surface area contributed by atoms with Gasteiger partial charge in [0.25, 0.3) is 0 Å². The van der Waals surface area contributed by atoms with Crippen molar-refractivity contribution >= 4 is 17.7 Å². The van der Waals surface area contributed by atoms with Crippen molar-refractivity contribution in [2.24, 2.45) is 4.99 Å². The summed E-state index contributed by atoms with van der Waals surface area (Å²) in [6.45, 7) is 7.87. The zero-order valence-electron chi connectivity index (χ0n) is 14.1. The van der Waals surface area contributed by atoms with E-state index in [2.05, 4.69) is 51.1 Å². The summed E-state index contributed by atoms with van der Waals surface area (Å²) in [6, 6.07) is 8.46. The molecule has 0 aliphatic heterocycles. The van der Waals surface area contributed by atoms with Crippen LogP contribution >= 0.6 is 11.8 Å². The predicted molar refractivity (Wildman–Crippen MR) is 95.9 cm³/mol. The maximum Gasteiger partial charge on any atom is 0.214 e. The highest BCUT2D eigenvalue weighted by atomic mass is 32.2. The van der Waals surface area contributed by atoms with Gasteiger partial charge in [0, 0.05) is 11.4 Å². The first-order valence-corrected chi connectivity index (χ1v) is 8.93. The lowest BCUT2D eigenvalue weighted by Gasteiger charge is -2.09. The second kappa shape index (κ2) is 8.62. The van der Waals surface area contributed by atoms with Crippen molar-refractivity contribution in [3.05, 3.63) is 47.2 Å².